The van der Waals surface area contributed by atoms with Crippen molar-refractivity contribution in [3.8, 4) is 0 Å². The van der Waals surface area contributed by atoms with Gasteiger partial charge in [-0.25, -0.2) is 0 Å². The molecule has 4 aliphatic carbocycles. The molecule has 1 aromatic heterocycles. The van der Waals surface area contributed by atoms with Crippen molar-refractivity contribution < 1.29 is 4.79 Å². The molecule has 2 nitrogen and oxygen atoms in total. The second kappa shape index (κ2) is 4.54. The number of allylic oxidation sites excluding steroid dienone is 1. The second-order valence-corrected chi connectivity index (χ2v) is 7.15. The number of nitrogens with zero attached hydrogens (tertiary/aromatic N) is 1. The van der Waals surface area contributed by atoms with Crippen molar-refractivity contribution in [2.45, 2.75) is 38.5 Å². The minimum absolute atomic E-state index is 0.0139. The lowest BCUT2D eigenvalue weighted by atomic mass is 9.48. The third kappa shape index (κ3) is 2.02. The maximum absolute atomic E-state index is 12.8. The molecule has 4 saturated carbocycles. The van der Waals surface area contributed by atoms with Crippen LogP contribution in [0.5, 0.6) is 0 Å². The molecule has 5 rings (SSSR count). The van der Waals surface area contributed by atoms with E-state index in [4.69, 9.17) is 0 Å². The Morgan fingerprint density at radius 1 is 1.10 bits per heavy atom. The minimum Gasteiger partial charge on any atom is -0.294 e. The molecule has 0 aromatic carbocycles. The summed E-state index contributed by atoms with van der Waals surface area (Å²) < 4.78 is 0. The molecule has 0 N–H and O–H groups in total. The summed E-state index contributed by atoms with van der Waals surface area (Å²) in [6.07, 6.45) is 13.0. The van der Waals surface area contributed by atoms with Crippen LogP contribution in [0.4, 0.5) is 0 Å². The van der Waals surface area contributed by atoms with Crippen LogP contribution in [0.25, 0.3) is 6.08 Å². The van der Waals surface area contributed by atoms with Gasteiger partial charge in [-0.2, -0.15) is 0 Å². The number of hydrogen-bond acceptors (Lipinski definition) is 2. The van der Waals surface area contributed by atoms with Crippen molar-refractivity contribution >= 4 is 11.9 Å². The van der Waals surface area contributed by atoms with Crippen LogP contribution < -0.4 is 0 Å². The fraction of sp³-hybridized carbons (Fsp3) is 0.556. The quantitative estimate of drug-likeness (QED) is 0.778. The molecule has 104 valence electrons. The average molecular weight is 267 g/mol. The first-order valence-corrected chi connectivity index (χ1v) is 7.87. The highest BCUT2D eigenvalue weighted by Gasteiger charge is 2.53. The molecule has 1 aromatic rings. The fourth-order valence-electron chi connectivity index (χ4n) is 5.22. The summed E-state index contributed by atoms with van der Waals surface area (Å²) in [4.78, 5) is 17.0. The first-order chi connectivity index (χ1) is 9.73. The summed E-state index contributed by atoms with van der Waals surface area (Å²) in [5.74, 6) is 2.85. The van der Waals surface area contributed by atoms with Crippen molar-refractivity contribution in [1.29, 1.82) is 0 Å². The molecule has 2 heteroatoms. The predicted octanol–water partition coefficient (Wildman–Crippen LogP) is 3.88. The van der Waals surface area contributed by atoms with E-state index in [-0.39, 0.29) is 5.41 Å². The van der Waals surface area contributed by atoms with Crippen LogP contribution in [0.15, 0.2) is 30.5 Å². The van der Waals surface area contributed by atoms with Gasteiger partial charge >= 0.3 is 0 Å². The van der Waals surface area contributed by atoms with Crippen LogP contribution in [-0.4, -0.2) is 10.8 Å². The van der Waals surface area contributed by atoms with Gasteiger partial charge in [-0.3, -0.25) is 9.78 Å². The highest BCUT2D eigenvalue weighted by Crippen LogP contribution is 2.60. The van der Waals surface area contributed by atoms with E-state index in [9.17, 15) is 4.79 Å². The third-order valence-corrected chi connectivity index (χ3v) is 5.65. The van der Waals surface area contributed by atoms with E-state index in [0.29, 0.717) is 5.78 Å². The lowest BCUT2D eigenvalue weighted by Gasteiger charge is -2.55. The molecule has 0 unspecified atom stereocenters. The zero-order valence-electron chi connectivity index (χ0n) is 11.8. The Balaban J connectivity index is 1.55. The standard InChI is InChI=1S/C18H21NO/c20-17(5-4-16-3-1-2-6-19-16)18-10-13-7-14(11-18)9-15(8-13)12-18/h1-6,13-15H,7-12H2. The van der Waals surface area contributed by atoms with Crippen molar-refractivity contribution in [3.63, 3.8) is 0 Å². The third-order valence-electron chi connectivity index (χ3n) is 5.65. The van der Waals surface area contributed by atoms with E-state index in [0.717, 1.165) is 42.7 Å². The Labute approximate surface area is 120 Å². The molecule has 0 spiro atoms. The molecular formula is C18H21NO. The number of pyridine rings is 1. The first-order valence-electron chi connectivity index (χ1n) is 7.87. The van der Waals surface area contributed by atoms with Crippen LogP contribution in [0, 0.1) is 23.2 Å². The van der Waals surface area contributed by atoms with Gasteiger partial charge in [0.2, 0.25) is 0 Å². The number of rotatable bonds is 3. The molecule has 0 radical (unpaired) electrons. The van der Waals surface area contributed by atoms with E-state index in [1.165, 1.54) is 19.3 Å². The summed E-state index contributed by atoms with van der Waals surface area (Å²) >= 11 is 0. The molecule has 4 aliphatic rings. The van der Waals surface area contributed by atoms with Crippen molar-refractivity contribution in [2.24, 2.45) is 23.2 Å². The van der Waals surface area contributed by atoms with E-state index in [2.05, 4.69) is 4.98 Å². The number of ketones is 1. The summed E-state index contributed by atoms with van der Waals surface area (Å²) in [5, 5.41) is 0. The fourth-order valence-corrected chi connectivity index (χ4v) is 5.22. The number of hydrogen-bond donors (Lipinski definition) is 0. The highest BCUT2D eigenvalue weighted by atomic mass is 16.1. The Bertz CT molecular complexity index is 511. The van der Waals surface area contributed by atoms with Crippen LogP contribution in [0.2, 0.25) is 0 Å². The normalized spacial score (nSPS) is 38.5. The molecule has 20 heavy (non-hydrogen) atoms. The smallest absolute Gasteiger partial charge is 0.161 e. The van der Waals surface area contributed by atoms with Gasteiger partial charge in [0.05, 0.1) is 5.69 Å². The topological polar surface area (TPSA) is 30.0 Å². The van der Waals surface area contributed by atoms with E-state index < -0.39 is 0 Å². The predicted molar refractivity (Wildman–Crippen MR) is 78.9 cm³/mol. The zero-order chi connectivity index (χ0) is 13.6. The van der Waals surface area contributed by atoms with E-state index in [1.807, 2.05) is 24.3 Å². The Kier molecular flexibility index (Phi) is 2.80. The molecule has 4 fully saturated rings. The van der Waals surface area contributed by atoms with Gasteiger partial charge in [0.1, 0.15) is 0 Å². The van der Waals surface area contributed by atoms with Crippen LogP contribution in [-0.2, 0) is 4.79 Å². The molecule has 1 heterocycles. The van der Waals surface area contributed by atoms with E-state index >= 15 is 0 Å². The summed E-state index contributed by atoms with van der Waals surface area (Å²) in [7, 11) is 0. The lowest BCUT2D eigenvalue weighted by molar-refractivity contribution is -0.138. The Morgan fingerprint density at radius 2 is 1.75 bits per heavy atom. The molecule has 0 amide bonds. The van der Waals surface area contributed by atoms with Crippen LogP contribution >= 0.6 is 0 Å². The number of carbonyl (C=O) groups excluding carboxylic acids is 1. The zero-order valence-corrected chi connectivity index (χ0v) is 11.8. The van der Waals surface area contributed by atoms with Gasteiger partial charge in [-0.05, 0) is 80.6 Å². The van der Waals surface area contributed by atoms with Crippen molar-refractivity contribution in [3.05, 3.63) is 36.2 Å². The summed E-state index contributed by atoms with van der Waals surface area (Å²) in [5.41, 5.74) is 0.866. The monoisotopic (exact) mass is 267 g/mol. The average Bonchev–Trinajstić information content (AvgIpc) is 2.44. The maximum atomic E-state index is 12.8. The summed E-state index contributed by atoms with van der Waals surface area (Å²) in [6, 6.07) is 5.81. The Morgan fingerprint density at radius 3 is 2.30 bits per heavy atom. The largest absolute Gasteiger partial charge is 0.294 e. The van der Waals surface area contributed by atoms with Crippen LogP contribution in [0.3, 0.4) is 0 Å². The van der Waals surface area contributed by atoms with Crippen LogP contribution in [0.1, 0.15) is 44.2 Å². The van der Waals surface area contributed by atoms with Gasteiger partial charge in [-0.15, -0.1) is 0 Å². The molecule has 0 aliphatic heterocycles. The molecule has 0 saturated heterocycles. The van der Waals surface area contributed by atoms with Crippen molar-refractivity contribution in [1.82, 2.24) is 4.98 Å². The first kappa shape index (κ1) is 12.3. The summed E-state index contributed by atoms with van der Waals surface area (Å²) in [6.45, 7) is 0. The van der Waals surface area contributed by atoms with Gasteiger partial charge in [0, 0.05) is 11.6 Å². The number of carbonyl (C=O) groups is 1. The van der Waals surface area contributed by atoms with Gasteiger partial charge in [0.15, 0.2) is 5.78 Å². The Hall–Kier alpha value is -1.44. The highest BCUT2D eigenvalue weighted by molar-refractivity contribution is 5.98. The van der Waals surface area contributed by atoms with E-state index in [1.54, 1.807) is 12.3 Å². The van der Waals surface area contributed by atoms with Crippen molar-refractivity contribution in [2.75, 3.05) is 0 Å². The molecule has 0 atom stereocenters. The molecular weight excluding hydrogens is 246 g/mol. The lowest BCUT2D eigenvalue weighted by Crippen LogP contribution is -2.49. The molecule has 4 bridgehead atoms. The number of aromatic nitrogens is 1. The van der Waals surface area contributed by atoms with Gasteiger partial charge in [-0.1, -0.05) is 6.07 Å². The SMILES string of the molecule is O=C(C=Cc1ccccn1)C12CC3CC(CC(C3)C1)C2. The minimum atomic E-state index is -0.0139. The van der Waals surface area contributed by atoms with Gasteiger partial charge < -0.3 is 0 Å². The van der Waals surface area contributed by atoms with Gasteiger partial charge in [0.25, 0.3) is 0 Å². The second-order valence-electron chi connectivity index (χ2n) is 7.15. The maximum Gasteiger partial charge on any atom is 0.161 e.